The maximum Gasteiger partial charge on any atom is 0.316 e. The van der Waals surface area contributed by atoms with Crippen LogP contribution >= 0.6 is 0 Å². The molecule has 1 aliphatic rings. The lowest BCUT2D eigenvalue weighted by molar-refractivity contribution is -0.148. The molecule has 0 heterocycles. The van der Waals surface area contributed by atoms with E-state index in [-0.39, 0.29) is 29.3 Å². The molecule has 0 N–H and O–H groups in total. The standard InChI is InChI=1S/C19H28O4Si/c1-19(2,3)24(5,6)23-15-12-14(20)17(18(21)22-4)16(15)13-10-8-7-9-11-13/h7-11,15-17H,12H2,1-6H3/t15-,16-,17-/m0/s1. The number of Topliss-reactive ketones (excluding diaryl/α,β-unsaturated/α-hetero) is 1. The van der Waals surface area contributed by atoms with Crippen LogP contribution in [-0.4, -0.2) is 33.3 Å². The van der Waals surface area contributed by atoms with E-state index in [1.165, 1.54) is 7.11 Å². The molecule has 1 fully saturated rings. The van der Waals surface area contributed by atoms with Gasteiger partial charge in [-0.25, -0.2) is 0 Å². The highest BCUT2D eigenvalue weighted by atomic mass is 28.4. The quantitative estimate of drug-likeness (QED) is 0.470. The van der Waals surface area contributed by atoms with E-state index in [0.29, 0.717) is 0 Å². The molecule has 0 saturated heterocycles. The van der Waals surface area contributed by atoms with E-state index in [1.807, 2.05) is 30.3 Å². The predicted octanol–water partition coefficient (Wildman–Crippen LogP) is 3.92. The fourth-order valence-electron chi connectivity index (χ4n) is 3.02. The Hall–Kier alpha value is -1.46. The summed E-state index contributed by atoms with van der Waals surface area (Å²) in [6, 6.07) is 9.70. The highest BCUT2D eigenvalue weighted by Crippen LogP contribution is 2.45. The first kappa shape index (κ1) is 18.9. The molecule has 0 unspecified atom stereocenters. The van der Waals surface area contributed by atoms with Gasteiger partial charge < -0.3 is 9.16 Å². The highest BCUT2D eigenvalue weighted by molar-refractivity contribution is 6.74. The SMILES string of the molecule is COC(=O)[C@H]1C(=O)C[C@H](O[Si](C)(C)C(C)(C)C)[C@@H]1c1ccccc1. The van der Waals surface area contributed by atoms with Gasteiger partial charge in [-0.15, -0.1) is 0 Å². The molecule has 3 atom stereocenters. The molecule has 0 spiro atoms. The molecule has 0 aromatic heterocycles. The van der Waals surface area contributed by atoms with Crippen LogP contribution in [0.5, 0.6) is 0 Å². The molecule has 0 bridgehead atoms. The van der Waals surface area contributed by atoms with Gasteiger partial charge in [-0.05, 0) is 23.7 Å². The Balaban J connectivity index is 2.40. The van der Waals surface area contributed by atoms with Gasteiger partial charge in [0.15, 0.2) is 8.32 Å². The maximum atomic E-state index is 12.5. The Labute approximate surface area is 145 Å². The van der Waals surface area contributed by atoms with Gasteiger partial charge >= 0.3 is 5.97 Å². The summed E-state index contributed by atoms with van der Waals surface area (Å²) in [5.74, 6) is -1.60. The van der Waals surface area contributed by atoms with Crippen LogP contribution in [0.3, 0.4) is 0 Å². The van der Waals surface area contributed by atoms with E-state index in [0.717, 1.165) is 5.56 Å². The van der Waals surface area contributed by atoms with Gasteiger partial charge in [0.25, 0.3) is 0 Å². The predicted molar refractivity (Wildman–Crippen MR) is 96.4 cm³/mol. The van der Waals surface area contributed by atoms with E-state index in [4.69, 9.17) is 9.16 Å². The fraction of sp³-hybridized carbons (Fsp3) is 0.579. The summed E-state index contributed by atoms with van der Waals surface area (Å²) < 4.78 is 11.4. The van der Waals surface area contributed by atoms with Crippen molar-refractivity contribution in [3.8, 4) is 0 Å². The maximum absolute atomic E-state index is 12.5. The van der Waals surface area contributed by atoms with Crippen molar-refractivity contribution in [2.75, 3.05) is 7.11 Å². The van der Waals surface area contributed by atoms with Crippen LogP contribution in [0.2, 0.25) is 18.1 Å². The van der Waals surface area contributed by atoms with Gasteiger partial charge in [0, 0.05) is 12.3 Å². The topological polar surface area (TPSA) is 52.6 Å². The minimum atomic E-state index is -2.05. The molecule has 5 heteroatoms. The Bertz CT molecular complexity index is 604. The summed E-state index contributed by atoms with van der Waals surface area (Å²) in [6.07, 6.45) is -0.00357. The van der Waals surface area contributed by atoms with E-state index in [9.17, 15) is 9.59 Å². The molecule has 0 radical (unpaired) electrons. The van der Waals surface area contributed by atoms with Crippen LogP contribution in [0, 0.1) is 5.92 Å². The first-order valence-corrected chi connectivity index (χ1v) is 11.3. The molecular formula is C19H28O4Si. The van der Waals surface area contributed by atoms with E-state index in [1.54, 1.807) is 0 Å². The van der Waals surface area contributed by atoms with Crippen molar-refractivity contribution in [2.45, 2.75) is 57.3 Å². The number of esters is 1. The number of methoxy groups -OCH3 is 1. The summed E-state index contributed by atoms with van der Waals surface area (Å²) in [5, 5.41) is 0.0423. The van der Waals surface area contributed by atoms with Gasteiger partial charge in [-0.3, -0.25) is 9.59 Å². The first-order valence-electron chi connectivity index (χ1n) is 8.42. The number of ether oxygens (including phenoxy) is 1. The number of carbonyl (C=O) groups excluding carboxylic acids is 2. The summed E-state index contributed by atoms with van der Waals surface area (Å²) in [5.41, 5.74) is 0.961. The molecule has 1 aliphatic carbocycles. The molecule has 1 saturated carbocycles. The summed E-state index contributed by atoms with van der Waals surface area (Å²) in [7, 11) is -0.720. The zero-order chi connectivity index (χ0) is 18.1. The zero-order valence-electron chi connectivity index (χ0n) is 15.5. The largest absolute Gasteiger partial charge is 0.468 e. The van der Waals surface area contributed by atoms with Gasteiger partial charge in [0.1, 0.15) is 11.7 Å². The van der Waals surface area contributed by atoms with Crippen molar-refractivity contribution in [3.63, 3.8) is 0 Å². The number of carbonyl (C=O) groups is 2. The van der Waals surface area contributed by atoms with Crippen molar-refractivity contribution in [3.05, 3.63) is 35.9 Å². The number of hydrogen-bond acceptors (Lipinski definition) is 4. The molecule has 2 rings (SSSR count). The Morgan fingerprint density at radius 1 is 1.17 bits per heavy atom. The zero-order valence-corrected chi connectivity index (χ0v) is 16.5. The lowest BCUT2D eigenvalue weighted by Gasteiger charge is -2.40. The van der Waals surface area contributed by atoms with Crippen molar-refractivity contribution in [1.82, 2.24) is 0 Å². The van der Waals surface area contributed by atoms with Gasteiger partial charge in [0.05, 0.1) is 13.2 Å². The molecular weight excluding hydrogens is 320 g/mol. The van der Waals surface area contributed by atoms with Crippen molar-refractivity contribution in [2.24, 2.45) is 5.92 Å². The summed E-state index contributed by atoms with van der Waals surface area (Å²) in [4.78, 5) is 24.8. The number of hydrogen-bond donors (Lipinski definition) is 0. The molecule has 132 valence electrons. The molecule has 1 aromatic rings. The molecule has 0 aliphatic heterocycles. The Kier molecular flexibility index (Phi) is 5.35. The smallest absolute Gasteiger partial charge is 0.316 e. The van der Waals surface area contributed by atoms with E-state index < -0.39 is 20.2 Å². The monoisotopic (exact) mass is 348 g/mol. The minimum absolute atomic E-state index is 0.0423. The van der Waals surface area contributed by atoms with Gasteiger partial charge in [-0.1, -0.05) is 51.1 Å². The average Bonchev–Trinajstić information content (AvgIpc) is 2.81. The van der Waals surface area contributed by atoms with Crippen LogP contribution in [0.1, 0.15) is 38.7 Å². The lowest BCUT2D eigenvalue weighted by atomic mass is 9.87. The number of rotatable bonds is 4. The number of benzene rings is 1. The van der Waals surface area contributed by atoms with E-state index in [2.05, 4.69) is 33.9 Å². The van der Waals surface area contributed by atoms with Gasteiger partial charge in [-0.2, -0.15) is 0 Å². The van der Waals surface area contributed by atoms with Crippen LogP contribution < -0.4 is 0 Å². The molecule has 1 aromatic carbocycles. The number of ketones is 1. The second-order valence-electron chi connectivity index (χ2n) is 8.02. The first-order chi connectivity index (χ1) is 11.1. The lowest BCUT2D eigenvalue weighted by Crippen LogP contribution is -2.45. The second-order valence-corrected chi connectivity index (χ2v) is 12.8. The van der Waals surface area contributed by atoms with E-state index >= 15 is 0 Å². The Morgan fingerprint density at radius 3 is 2.25 bits per heavy atom. The third-order valence-electron chi connectivity index (χ3n) is 5.40. The van der Waals surface area contributed by atoms with Crippen LogP contribution in [-0.2, 0) is 18.8 Å². The third kappa shape index (κ3) is 3.62. The normalized spacial score (nSPS) is 24.9. The fourth-order valence-corrected chi connectivity index (χ4v) is 4.37. The molecule has 24 heavy (non-hydrogen) atoms. The average molecular weight is 349 g/mol. The minimum Gasteiger partial charge on any atom is -0.468 e. The Morgan fingerprint density at radius 2 is 1.75 bits per heavy atom. The highest BCUT2D eigenvalue weighted by Gasteiger charge is 2.51. The molecule has 4 nitrogen and oxygen atoms in total. The van der Waals surface area contributed by atoms with Gasteiger partial charge in [0.2, 0.25) is 0 Å². The van der Waals surface area contributed by atoms with Crippen LogP contribution in [0.25, 0.3) is 0 Å². The summed E-state index contributed by atoms with van der Waals surface area (Å²) >= 11 is 0. The molecule has 0 amide bonds. The van der Waals surface area contributed by atoms with Crippen molar-refractivity contribution in [1.29, 1.82) is 0 Å². The second kappa shape index (κ2) is 6.80. The van der Waals surface area contributed by atoms with Crippen LogP contribution in [0.15, 0.2) is 30.3 Å². The van der Waals surface area contributed by atoms with Crippen molar-refractivity contribution < 1.29 is 18.8 Å². The van der Waals surface area contributed by atoms with Crippen LogP contribution in [0.4, 0.5) is 0 Å². The third-order valence-corrected chi connectivity index (χ3v) is 9.91. The summed E-state index contributed by atoms with van der Waals surface area (Å²) in [6.45, 7) is 10.9. The van der Waals surface area contributed by atoms with Crippen molar-refractivity contribution >= 4 is 20.1 Å².